The van der Waals surface area contributed by atoms with E-state index in [9.17, 15) is 4.79 Å². The summed E-state index contributed by atoms with van der Waals surface area (Å²) in [5.74, 6) is -0.359. The van der Waals surface area contributed by atoms with E-state index in [-0.39, 0.29) is 5.56 Å². The number of ether oxygens (including phenoxy) is 1. The first kappa shape index (κ1) is 13.4. The molecule has 2 rings (SSSR count). The zero-order valence-electron chi connectivity index (χ0n) is 10.2. The van der Waals surface area contributed by atoms with Crippen molar-refractivity contribution in [3.8, 4) is 5.75 Å². The molecule has 0 spiro atoms. The maximum Gasteiger partial charge on any atom is 0.335 e. The highest BCUT2D eigenvalue weighted by atomic mass is 79.9. The van der Waals surface area contributed by atoms with Crippen LogP contribution in [0.4, 0.5) is 0 Å². The number of halogens is 1. The van der Waals surface area contributed by atoms with Gasteiger partial charge in [0.05, 0.1) is 5.56 Å². The molecule has 1 fully saturated rings. The van der Waals surface area contributed by atoms with Gasteiger partial charge in [-0.3, -0.25) is 0 Å². The normalized spacial score (nSPS) is 14.8. The van der Waals surface area contributed by atoms with E-state index < -0.39 is 5.97 Å². The molecular formula is C13H16BrNO3. The zero-order chi connectivity index (χ0) is 13.1. The second-order valence-corrected chi connectivity index (χ2v) is 5.46. The topological polar surface area (TPSA) is 49.8 Å². The highest BCUT2D eigenvalue weighted by Crippen LogP contribution is 2.25. The maximum absolute atomic E-state index is 10.9. The van der Waals surface area contributed by atoms with Gasteiger partial charge in [-0.15, -0.1) is 0 Å². The first-order valence-corrected chi connectivity index (χ1v) is 6.72. The van der Waals surface area contributed by atoms with Crippen molar-refractivity contribution in [2.24, 2.45) is 0 Å². The highest BCUT2D eigenvalue weighted by molar-refractivity contribution is 9.10. The van der Waals surface area contributed by atoms with Crippen LogP contribution in [0.2, 0.25) is 0 Å². The first-order valence-electron chi connectivity index (χ1n) is 5.93. The third-order valence-corrected chi connectivity index (χ3v) is 3.46. The molecule has 1 saturated carbocycles. The number of hydrogen-bond acceptors (Lipinski definition) is 3. The Morgan fingerprint density at radius 2 is 2.22 bits per heavy atom. The SMILES string of the molecule is CN(CCOc1cc(Br)cc(C(=O)O)c1)C1CC1. The van der Waals surface area contributed by atoms with Gasteiger partial charge in [-0.05, 0) is 38.1 Å². The number of likely N-dealkylation sites (N-methyl/N-ethyl adjacent to an activating group) is 1. The van der Waals surface area contributed by atoms with Crippen LogP contribution in [0.15, 0.2) is 22.7 Å². The number of rotatable bonds is 6. The Balaban J connectivity index is 1.89. The molecule has 1 aromatic rings. The lowest BCUT2D eigenvalue weighted by atomic mass is 10.2. The Hall–Kier alpha value is -1.07. The van der Waals surface area contributed by atoms with Crippen molar-refractivity contribution in [1.82, 2.24) is 4.90 Å². The quantitative estimate of drug-likeness (QED) is 0.877. The Bertz CT molecular complexity index is 446. The monoisotopic (exact) mass is 313 g/mol. The van der Waals surface area contributed by atoms with E-state index in [1.54, 1.807) is 18.2 Å². The summed E-state index contributed by atoms with van der Waals surface area (Å²) in [6.07, 6.45) is 2.55. The summed E-state index contributed by atoms with van der Waals surface area (Å²) in [5.41, 5.74) is 0.231. The molecule has 0 heterocycles. The van der Waals surface area contributed by atoms with Crippen LogP contribution in [0.1, 0.15) is 23.2 Å². The third-order valence-electron chi connectivity index (χ3n) is 3.00. The first-order chi connectivity index (χ1) is 8.56. The molecule has 98 valence electrons. The lowest BCUT2D eigenvalue weighted by molar-refractivity contribution is 0.0696. The van der Waals surface area contributed by atoms with E-state index >= 15 is 0 Å². The van der Waals surface area contributed by atoms with Gasteiger partial charge in [0, 0.05) is 17.1 Å². The predicted octanol–water partition coefficient (Wildman–Crippen LogP) is 2.62. The summed E-state index contributed by atoms with van der Waals surface area (Å²) < 4.78 is 6.31. The molecule has 0 aromatic heterocycles. The van der Waals surface area contributed by atoms with Crippen molar-refractivity contribution in [2.45, 2.75) is 18.9 Å². The Morgan fingerprint density at radius 3 is 2.83 bits per heavy atom. The lowest BCUT2D eigenvalue weighted by Crippen LogP contribution is -2.26. The van der Waals surface area contributed by atoms with Gasteiger partial charge in [0.2, 0.25) is 0 Å². The van der Waals surface area contributed by atoms with Gasteiger partial charge in [0.25, 0.3) is 0 Å². The molecule has 0 bridgehead atoms. The Morgan fingerprint density at radius 1 is 1.50 bits per heavy atom. The van der Waals surface area contributed by atoms with E-state index in [0.717, 1.165) is 6.54 Å². The van der Waals surface area contributed by atoms with Crippen LogP contribution in [0.3, 0.4) is 0 Å². The van der Waals surface area contributed by atoms with Gasteiger partial charge in [-0.2, -0.15) is 0 Å². The fourth-order valence-corrected chi connectivity index (χ4v) is 2.25. The minimum absolute atomic E-state index is 0.231. The summed E-state index contributed by atoms with van der Waals surface area (Å²) in [4.78, 5) is 13.2. The maximum atomic E-state index is 10.9. The molecule has 1 N–H and O–H groups in total. The molecule has 0 saturated heterocycles. The number of carboxylic acid groups (broad SMARTS) is 1. The molecule has 1 aliphatic carbocycles. The number of carbonyl (C=O) groups is 1. The second kappa shape index (κ2) is 5.71. The smallest absolute Gasteiger partial charge is 0.335 e. The Kier molecular flexibility index (Phi) is 4.24. The Labute approximate surface area is 115 Å². The summed E-state index contributed by atoms with van der Waals surface area (Å²) in [7, 11) is 2.09. The van der Waals surface area contributed by atoms with Crippen molar-refractivity contribution in [1.29, 1.82) is 0 Å². The summed E-state index contributed by atoms with van der Waals surface area (Å²) in [6, 6.07) is 5.60. The number of benzene rings is 1. The highest BCUT2D eigenvalue weighted by Gasteiger charge is 2.25. The molecule has 4 nitrogen and oxygen atoms in total. The van der Waals surface area contributed by atoms with E-state index in [4.69, 9.17) is 9.84 Å². The van der Waals surface area contributed by atoms with Gasteiger partial charge >= 0.3 is 5.97 Å². The van der Waals surface area contributed by atoms with Gasteiger partial charge < -0.3 is 14.7 Å². The molecule has 0 amide bonds. The summed E-state index contributed by atoms with van der Waals surface area (Å²) in [5, 5.41) is 8.94. The average molecular weight is 314 g/mol. The van der Waals surface area contributed by atoms with E-state index in [1.165, 1.54) is 12.8 Å². The molecule has 1 aliphatic rings. The lowest BCUT2D eigenvalue weighted by Gasteiger charge is -2.16. The molecule has 0 atom stereocenters. The van der Waals surface area contributed by atoms with Gasteiger partial charge in [-0.25, -0.2) is 4.79 Å². The third kappa shape index (κ3) is 3.71. The van der Waals surface area contributed by atoms with Crippen LogP contribution >= 0.6 is 15.9 Å². The number of aromatic carboxylic acids is 1. The molecular weight excluding hydrogens is 298 g/mol. The standard InChI is InChI=1S/C13H16BrNO3/c1-15(11-2-3-11)4-5-18-12-7-9(13(16)17)6-10(14)8-12/h6-8,11H,2-5H2,1H3,(H,16,17). The molecule has 0 aliphatic heterocycles. The number of nitrogens with zero attached hydrogens (tertiary/aromatic N) is 1. The molecule has 18 heavy (non-hydrogen) atoms. The summed E-state index contributed by atoms with van der Waals surface area (Å²) in [6.45, 7) is 1.43. The minimum Gasteiger partial charge on any atom is -0.492 e. The molecule has 0 unspecified atom stereocenters. The van der Waals surface area contributed by atoms with Crippen LogP contribution in [0.25, 0.3) is 0 Å². The van der Waals surface area contributed by atoms with Crippen LogP contribution in [-0.4, -0.2) is 42.2 Å². The summed E-state index contributed by atoms with van der Waals surface area (Å²) >= 11 is 3.28. The zero-order valence-corrected chi connectivity index (χ0v) is 11.8. The molecule has 0 radical (unpaired) electrons. The van der Waals surface area contributed by atoms with E-state index in [2.05, 4.69) is 27.9 Å². The fourth-order valence-electron chi connectivity index (χ4n) is 1.77. The largest absolute Gasteiger partial charge is 0.492 e. The van der Waals surface area contributed by atoms with Gasteiger partial charge in [0.1, 0.15) is 12.4 Å². The molecule has 5 heteroatoms. The minimum atomic E-state index is -0.948. The van der Waals surface area contributed by atoms with Crippen LogP contribution in [0.5, 0.6) is 5.75 Å². The number of carboxylic acids is 1. The average Bonchev–Trinajstić information content (AvgIpc) is 3.11. The van der Waals surface area contributed by atoms with Crippen LogP contribution < -0.4 is 4.74 Å². The molecule has 1 aromatic carbocycles. The second-order valence-electron chi connectivity index (χ2n) is 4.54. The van der Waals surface area contributed by atoms with Crippen molar-refractivity contribution < 1.29 is 14.6 Å². The van der Waals surface area contributed by atoms with Gasteiger partial charge in [-0.1, -0.05) is 15.9 Å². The van der Waals surface area contributed by atoms with Gasteiger partial charge in [0.15, 0.2) is 0 Å². The predicted molar refractivity (Wildman–Crippen MR) is 72.2 cm³/mol. The van der Waals surface area contributed by atoms with Crippen LogP contribution in [-0.2, 0) is 0 Å². The van der Waals surface area contributed by atoms with E-state index in [1.807, 2.05) is 0 Å². The number of hydrogen-bond donors (Lipinski definition) is 1. The van der Waals surface area contributed by atoms with Crippen LogP contribution in [0, 0.1) is 0 Å². The van der Waals surface area contributed by atoms with Crippen molar-refractivity contribution in [3.05, 3.63) is 28.2 Å². The van der Waals surface area contributed by atoms with E-state index in [0.29, 0.717) is 22.9 Å². The van der Waals surface area contributed by atoms with Crippen molar-refractivity contribution >= 4 is 21.9 Å². The van der Waals surface area contributed by atoms with Crippen molar-refractivity contribution in [2.75, 3.05) is 20.2 Å². The van der Waals surface area contributed by atoms with Crippen molar-refractivity contribution in [3.63, 3.8) is 0 Å². The fraction of sp³-hybridized carbons (Fsp3) is 0.462.